The van der Waals surface area contributed by atoms with E-state index in [1.54, 1.807) is 11.6 Å². The summed E-state index contributed by atoms with van der Waals surface area (Å²) >= 11 is 17.9. The molecule has 1 N–H and O–H groups in total. The first-order valence-electron chi connectivity index (χ1n) is 8.36. The first kappa shape index (κ1) is 21.0. The third-order valence-electron chi connectivity index (χ3n) is 4.46. The molecule has 0 saturated heterocycles. The summed E-state index contributed by atoms with van der Waals surface area (Å²) in [6.45, 7) is 6.12. The van der Waals surface area contributed by atoms with E-state index in [0.717, 1.165) is 11.1 Å². The number of hydrogen-bond acceptors (Lipinski definition) is 3. The SMILES string of the molecule is Cc1ccccc1Cn1nc(C)c(NS(=O)(=O)c2cc(Cl)c(Cl)cc2Cl)c1C. The highest BCUT2D eigenvalue weighted by atomic mass is 35.5. The number of halogens is 3. The van der Waals surface area contributed by atoms with E-state index in [-0.39, 0.29) is 20.0 Å². The molecule has 9 heteroatoms. The summed E-state index contributed by atoms with van der Waals surface area (Å²) in [5, 5.41) is 4.77. The lowest BCUT2D eigenvalue weighted by molar-refractivity contribution is 0.601. The van der Waals surface area contributed by atoms with Gasteiger partial charge in [0.2, 0.25) is 0 Å². The molecule has 3 aromatic rings. The maximum absolute atomic E-state index is 12.9. The summed E-state index contributed by atoms with van der Waals surface area (Å²) in [5.74, 6) is 0. The van der Waals surface area contributed by atoms with Crippen molar-refractivity contribution < 1.29 is 8.42 Å². The zero-order valence-electron chi connectivity index (χ0n) is 15.4. The maximum Gasteiger partial charge on any atom is 0.263 e. The summed E-state index contributed by atoms with van der Waals surface area (Å²) in [5.41, 5.74) is 3.91. The normalized spacial score (nSPS) is 11.6. The lowest BCUT2D eigenvalue weighted by atomic mass is 10.1. The molecule has 1 aromatic heterocycles. The van der Waals surface area contributed by atoms with Gasteiger partial charge in [-0.3, -0.25) is 9.40 Å². The standard InChI is InChI=1S/C19H18Cl3N3O2S/c1-11-6-4-5-7-14(11)10-25-13(3)19(12(2)23-25)24-28(26,27)18-9-16(21)15(20)8-17(18)22/h4-9,24H,10H2,1-3H3. The summed E-state index contributed by atoms with van der Waals surface area (Å²) < 4.78 is 30.1. The van der Waals surface area contributed by atoms with Crippen LogP contribution in [0.2, 0.25) is 15.1 Å². The van der Waals surface area contributed by atoms with Crippen molar-refractivity contribution >= 4 is 50.5 Å². The Morgan fingerprint density at radius 3 is 2.32 bits per heavy atom. The molecule has 0 bridgehead atoms. The van der Waals surface area contributed by atoms with Crippen molar-refractivity contribution in [3.8, 4) is 0 Å². The number of aromatic nitrogens is 2. The number of hydrogen-bond donors (Lipinski definition) is 1. The molecule has 2 aromatic carbocycles. The highest BCUT2D eigenvalue weighted by Gasteiger charge is 2.23. The molecule has 0 fully saturated rings. The molecule has 0 atom stereocenters. The second kappa shape index (κ2) is 7.95. The van der Waals surface area contributed by atoms with Crippen LogP contribution in [-0.4, -0.2) is 18.2 Å². The number of nitrogens with one attached hydrogen (secondary N) is 1. The number of sulfonamides is 1. The van der Waals surface area contributed by atoms with Gasteiger partial charge in [0, 0.05) is 0 Å². The molecule has 0 amide bonds. The highest BCUT2D eigenvalue weighted by Crippen LogP contribution is 2.33. The Morgan fingerprint density at radius 1 is 1.00 bits per heavy atom. The van der Waals surface area contributed by atoms with Crippen LogP contribution in [0.15, 0.2) is 41.3 Å². The van der Waals surface area contributed by atoms with Crippen molar-refractivity contribution in [2.45, 2.75) is 32.2 Å². The molecule has 1 heterocycles. The Hall–Kier alpha value is -1.73. The Balaban J connectivity index is 1.96. The van der Waals surface area contributed by atoms with Gasteiger partial charge >= 0.3 is 0 Å². The molecule has 28 heavy (non-hydrogen) atoms. The van der Waals surface area contributed by atoms with Gasteiger partial charge in [-0.2, -0.15) is 5.10 Å². The fraction of sp³-hybridized carbons (Fsp3) is 0.211. The quantitative estimate of drug-likeness (QED) is 0.505. The van der Waals surface area contributed by atoms with Crippen molar-refractivity contribution in [2.75, 3.05) is 4.72 Å². The molecule has 0 aliphatic heterocycles. The van der Waals surface area contributed by atoms with Gasteiger partial charge in [-0.05, 0) is 44.0 Å². The molecule has 0 radical (unpaired) electrons. The van der Waals surface area contributed by atoms with Crippen molar-refractivity contribution in [3.63, 3.8) is 0 Å². The van der Waals surface area contributed by atoms with Crippen LogP contribution in [0.1, 0.15) is 22.5 Å². The Morgan fingerprint density at radius 2 is 1.64 bits per heavy atom. The average molecular weight is 459 g/mol. The minimum Gasteiger partial charge on any atom is -0.276 e. The van der Waals surface area contributed by atoms with Crippen molar-refractivity contribution in [2.24, 2.45) is 0 Å². The van der Waals surface area contributed by atoms with E-state index in [2.05, 4.69) is 9.82 Å². The summed E-state index contributed by atoms with van der Waals surface area (Å²) in [4.78, 5) is -0.144. The van der Waals surface area contributed by atoms with Crippen molar-refractivity contribution in [1.82, 2.24) is 9.78 Å². The van der Waals surface area contributed by atoms with Crippen LogP contribution in [-0.2, 0) is 16.6 Å². The van der Waals surface area contributed by atoms with Gasteiger partial charge in [-0.25, -0.2) is 8.42 Å². The Kier molecular flexibility index (Phi) is 5.96. The van der Waals surface area contributed by atoms with Gasteiger partial charge in [0.15, 0.2) is 0 Å². The molecule has 5 nitrogen and oxygen atoms in total. The van der Waals surface area contributed by atoms with Gasteiger partial charge in [0.1, 0.15) is 4.90 Å². The number of benzene rings is 2. The smallest absolute Gasteiger partial charge is 0.263 e. The molecule has 148 valence electrons. The molecular formula is C19H18Cl3N3O2S. The highest BCUT2D eigenvalue weighted by molar-refractivity contribution is 7.92. The lowest BCUT2D eigenvalue weighted by Gasteiger charge is -2.12. The third-order valence-corrected chi connectivity index (χ3v) is 7.00. The van der Waals surface area contributed by atoms with Crippen molar-refractivity contribution in [3.05, 3.63) is 74.0 Å². The van der Waals surface area contributed by atoms with Gasteiger partial charge in [0.05, 0.1) is 38.7 Å². The molecule has 0 aliphatic carbocycles. The second-order valence-electron chi connectivity index (χ2n) is 6.43. The van der Waals surface area contributed by atoms with Crippen LogP contribution in [0.5, 0.6) is 0 Å². The van der Waals surface area contributed by atoms with E-state index in [1.165, 1.54) is 12.1 Å². The third kappa shape index (κ3) is 4.15. The van der Waals surface area contributed by atoms with Gasteiger partial charge in [-0.15, -0.1) is 0 Å². The number of nitrogens with zero attached hydrogens (tertiary/aromatic N) is 2. The number of anilines is 1. The van der Waals surface area contributed by atoms with Crippen LogP contribution in [0.4, 0.5) is 5.69 Å². The Labute approximate surface area is 179 Å². The zero-order valence-corrected chi connectivity index (χ0v) is 18.5. The molecule has 0 saturated carbocycles. The molecular weight excluding hydrogens is 441 g/mol. The zero-order chi connectivity index (χ0) is 20.6. The maximum atomic E-state index is 12.9. The minimum atomic E-state index is -3.97. The molecule has 0 unspecified atom stereocenters. The van der Waals surface area contributed by atoms with E-state index >= 15 is 0 Å². The first-order chi connectivity index (χ1) is 13.1. The van der Waals surface area contributed by atoms with Gasteiger partial charge in [-0.1, -0.05) is 59.1 Å². The van der Waals surface area contributed by atoms with E-state index in [4.69, 9.17) is 34.8 Å². The van der Waals surface area contributed by atoms with Gasteiger partial charge < -0.3 is 0 Å². The minimum absolute atomic E-state index is 0.00971. The summed E-state index contributed by atoms with van der Waals surface area (Å²) in [6.07, 6.45) is 0. The van der Waals surface area contributed by atoms with Crippen LogP contribution < -0.4 is 4.72 Å². The predicted molar refractivity (Wildman–Crippen MR) is 114 cm³/mol. The molecule has 3 rings (SSSR count). The van der Waals surface area contributed by atoms with E-state index in [1.807, 2.05) is 38.1 Å². The van der Waals surface area contributed by atoms with Crippen LogP contribution in [0.25, 0.3) is 0 Å². The number of aryl methyl sites for hydroxylation is 2. The molecule has 0 aliphatic rings. The molecule has 0 spiro atoms. The fourth-order valence-electron chi connectivity index (χ4n) is 2.85. The van der Waals surface area contributed by atoms with E-state index < -0.39 is 10.0 Å². The van der Waals surface area contributed by atoms with E-state index in [0.29, 0.717) is 23.6 Å². The van der Waals surface area contributed by atoms with Crippen LogP contribution in [0, 0.1) is 20.8 Å². The Bertz CT molecular complexity index is 1160. The van der Waals surface area contributed by atoms with E-state index in [9.17, 15) is 8.42 Å². The van der Waals surface area contributed by atoms with Crippen LogP contribution >= 0.6 is 34.8 Å². The second-order valence-corrected chi connectivity index (χ2v) is 9.30. The van der Waals surface area contributed by atoms with Crippen LogP contribution in [0.3, 0.4) is 0 Å². The monoisotopic (exact) mass is 457 g/mol. The predicted octanol–water partition coefficient (Wildman–Crippen LogP) is 5.62. The first-order valence-corrected chi connectivity index (χ1v) is 11.0. The van der Waals surface area contributed by atoms with Gasteiger partial charge in [0.25, 0.3) is 10.0 Å². The van der Waals surface area contributed by atoms with Crippen molar-refractivity contribution in [1.29, 1.82) is 0 Å². The summed E-state index contributed by atoms with van der Waals surface area (Å²) in [6, 6.07) is 10.5. The number of rotatable bonds is 5. The fourth-order valence-corrected chi connectivity index (χ4v) is 5.03. The topological polar surface area (TPSA) is 64.0 Å². The largest absolute Gasteiger partial charge is 0.276 e. The lowest BCUT2D eigenvalue weighted by Crippen LogP contribution is -2.15. The average Bonchev–Trinajstić information content (AvgIpc) is 2.87. The summed E-state index contributed by atoms with van der Waals surface area (Å²) in [7, 11) is -3.97.